The molecule has 2 amide bonds. The van der Waals surface area contributed by atoms with Crippen molar-refractivity contribution >= 4 is 17.9 Å². The highest BCUT2D eigenvalue weighted by atomic mass is 16.5. The number of hydrogen-bond acceptors (Lipinski definition) is 8. The van der Waals surface area contributed by atoms with E-state index < -0.39 is 11.8 Å². The fourth-order valence-electron chi connectivity index (χ4n) is 3.79. The number of carbonyl (C=O) groups is 2. The minimum Gasteiger partial charge on any atom is -0.493 e. The first-order valence-electron chi connectivity index (χ1n) is 11.8. The average molecular weight is 537 g/mol. The molecular weight excluding hydrogens is 504 g/mol. The van der Waals surface area contributed by atoms with Crippen LogP contribution in [0, 0.1) is 0 Å². The Balaban J connectivity index is 2.02. The average Bonchev–Trinajstić information content (AvgIpc) is 2.98. The standard InChI is InChI=1S/C29H32N2O8/c1-34-22-13-19(14-23(35-2)26(22)38-5)12-21(29(33)30-17-18-10-8-7-9-11-18)31-28(32)20-15-24(36-3)27(39-6)25(16-20)37-4/h7-16H,17H2,1-6H3,(H,30,33)(H,31,32). The quantitative estimate of drug-likeness (QED) is 0.336. The predicted molar refractivity (Wildman–Crippen MR) is 146 cm³/mol. The molecule has 10 nitrogen and oxygen atoms in total. The summed E-state index contributed by atoms with van der Waals surface area (Å²) in [5.74, 6) is 1.04. The Morgan fingerprint density at radius 2 is 1.18 bits per heavy atom. The van der Waals surface area contributed by atoms with Crippen LogP contribution in [0.3, 0.4) is 0 Å². The second-order valence-electron chi connectivity index (χ2n) is 8.05. The molecule has 0 fully saturated rings. The Labute approximate surface area is 227 Å². The third-order valence-electron chi connectivity index (χ3n) is 5.71. The first-order valence-corrected chi connectivity index (χ1v) is 11.8. The number of benzene rings is 3. The van der Waals surface area contributed by atoms with Gasteiger partial charge >= 0.3 is 0 Å². The predicted octanol–water partition coefficient (Wildman–Crippen LogP) is 3.83. The molecule has 0 unspecified atom stereocenters. The molecule has 0 spiro atoms. The summed E-state index contributed by atoms with van der Waals surface area (Å²) in [6.45, 7) is 0.256. The normalized spacial score (nSPS) is 10.8. The molecule has 39 heavy (non-hydrogen) atoms. The van der Waals surface area contributed by atoms with E-state index in [4.69, 9.17) is 28.4 Å². The van der Waals surface area contributed by atoms with Crippen LogP contribution < -0.4 is 39.1 Å². The zero-order valence-electron chi connectivity index (χ0n) is 22.7. The minimum atomic E-state index is -0.567. The highest BCUT2D eigenvalue weighted by Crippen LogP contribution is 2.39. The van der Waals surface area contributed by atoms with E-state index in [9.17, 15) is 9.59 Å². The van der Waals surface area contributed by atoms with Gasteiger partial charge in [-0.1, -0.05) is 30.3 Å². The number of carbonyl (C=O) groups excluding carboxylic acids is 2. The minimum absolute atomic E-state index is 0.0149. The number of rotatable bonds is 12. The van der Waals surface area contributed by atoms with Crippen LogP contribution in [0.25, 0.3) is 6.08 Å². The lowest BCUT2D eigenvalue weighted by molar-refractivity contribution is -0.117. The Hall–Kier alpha value is -4.86. The fraction of sp³-hybridized carbons (Fsp3) is 0.241. The maximum Gasteiger partial charge on any atom is 0.268 e. The molecule has 0 aliphatic carbocycles. The Bertz CT molecular complexity index is 1290. The van der Waals surface area contributed by atoms with E-state index in [1.165, 1.54) is 60.9 Å². The van der Waals surface area contributed by atoms with Crippen molar-refractivity contribution in [3.05, 3.63) is 77.0 Å². The van der Waals surface area contributed by atoms with E-state index in [2.05, 4.69) is 10.6 Å². The Morgan fingerprint density at radius 1 is 0.692 bits per heavy atom. The van der Waals surface area contributed by atoms with E-state index in [1.807, 2.05) is 30.3 Å². The van der Waals surface area contributed by atoms with Crippen LogP contribution in [0.1, 0.15) is 21.5 Å². The van der Waals surface area contributed by atoms with Gasteiger partial charge in [0.15, 0.2) is 23.0 Å². The van der Waals surface area contributed by atoms with E-state index >= 15 is 0 Å². The van der Waals surface area contributed by atoms with Crippen LogP contribution in [0.2, 0.25) is 0 Å². The van der Waals surface area contributed by atoms with Gasteiger partial charge in [0.1, 0.15) is 5.70 Å². The van der Waals surface area contributed by atoms with Gasteiger partial charge in [-0.15, -0.1) is 0 Å². The molecule has 206 valence electrons. The molecule has 0 heterocycles. The van der Waals surface area contributed by atoms with Crippen LogP contribution in [-0.4, -0.2) is 54.5 Å². The van der Waals surface area contributed by atoms with Crippen LogP contribution in [0.4, 0.5) is 0 Å². The second kappa shape index (κ2) is 13.6. The summed E-state index contributed by atoms with van der Waals surface area (Å²) in [5, 5.41) is 5.55. The topological polar surface area (TPSA) is 114 Å². The summed E-state index contributed by atoms with van der Waals surface area (Å²) >= 11 is 0. The molecule has 2 N–H and O–H groups in total. The first-order chi connectivity index (χ1) is 18.9. The number of hydrogen-bond donors (Lipinski definition) is 2. The summed E-state index contributed by atoms with van der Waals surface area (Å²) in [4.78, 5) is 26.7. The molecule has 0 radical (unpaired) electrons. The summed E-state index contributed by atoms with van der Waals surface area (Å²) in [7, 11) is 8.85. The van der Waals surface area contributed by atoms with Crippen LogP contribution in [-0.2, 0) is 11.3 Å². The Kier molecular flexibility index (Phi) is 10.0. The number of amides is 2. The van der Waals surface area contributed by atoms with Gasteiger partial charge in [0.25, 0.3) is 11.8 Å². The number of nitrogens with one attached hydrogen (secondary N) is 2. The van der Waals surface area contributed by atoms with Crippen LogP contribution >= 0.6 is 0 Å². The van der Waals surface area contributed by atoms with Gasteiger partial charge in [-0.2, -0.15) is 0 Å². The fourth-order valence-corrected chi connectivity index (χ4v) is 3.79. The van der Waals surface area contributed by atoms with Crippen molar-refractivity contribution in [3.63, 3.8) is 0 Å². The lowest BCUT2D eigenvalue weighted by Gasteiger charge is -2.16. The molecule has 0 aliphatic rings. The summed E-state index contributed by atoms with van der Waals surface area (Å²) in [6.07, 6.45) is 1.51. The lowest BCUT2D eigenvalue weighted by Crippen LogP contribution is -2.34. The maximum atomic E-state index is 13.4. The zero-order chi connectivity index (χ0) is 28.4. The maximum absolute atomic E-state index is 13.4. The highest BCUT2D eigenvalue weighted by molar-refractivity contribution is 6.05. The molecule has 3 aromatic carbocycles. The lowest BCUT2D eigenvalue weighted by atomic mass is 10.1. The van der Waals surface area contributed by atoms with Crippen LogP contribution in [0.15, 0.2) is 60.3 Å². The zero-order valence-corrected chi connectivity index (χ0v) is 22.7. The third-order valence-corrected chi connectivity index (χ3v) is 5.71. The molecule has 10 heteroatoms. The van der Waals surface area contributed by atoms with Crippen molar-refractivity contribution in [1.29, 1.82) is 0 Å². The highest BCUT2D eigenvalue weighted by Gasteiger charge is 2.21. The van der Waals surface area contributed by atoms with E-state index in [1.54, 1.807) is 12.1 Å². The van der Waals surface area contributed by atoms with Gasteiger partial charge < -0.3 is 39.1 Å². The molecule has 0 atom stereocenters. The van der Waals surface area contributed by atoms with Gasteiger partial charge in [0, 0.05) is 12.1 Å². The monoisotopic (exact) mass is 536 g/mol. The van der Waals surface area contributed by atoms with Crippen molar-refractivity contribution in [1.82, 2.24) is 10.6 Å². The summed E-state index contributed by atoms with van der Waals surface area (Å²) in [5.41, 5.74) is 1.60. The largest absolute Gasteiger partial charge is 0.493 e. The van der Waals surface area contributed by atoms with Crippen molar-refractivity contribution < 1.29 is 38.0 Å². The van der Waals surface area contributed by atoms with Gasteiger partial charge in [0.2, 0.25) is 11.5 Å². The molecule has 0 saturated carbocycles. The van der Waals surface area contributed by atoms with Gasteiger partial charge in [0.05, 0.1) is 42.7 Å². The molecule has 3 aromatic rings. The van der Waals surface area contributed by atoms with Crippen molar-refractivity contribution in [3.8, 4) is 34.5 Å². The van der Waals surface area contributed by atoms with Gasteiger partial charge in [-0.05, 0) is 41.5 Å². The van der Waals surface area contributed by atoms with Gasteiger partial charge in [-0.3, -0.25) is 9.59 Å². The van der Waals surface area contributed by atoms with Crippen LogP contribution in [0.5, 0.6) is 34.5 Å². The smallest absolute Gasteiger partial charge is 0.268 e. The van der Waals surface area contributed by atoms with Crippen molar-refractivity contribution in [2.75, 3.05) is 42.7 Å². The van der Waals surface area contributed by atoms with E-state index in [-0.39, 0.29) is 17.8 Å². The van der Waals surface area contributed by atoms with E-state index in [0.29, 0.717) is 40.1 Å². The summed E-state index contributed by atoms with van der Waals surface area (Å²) < 4.78 is 32.3. The molecule has 0 aliphatic heterocycles. The molecule has 0 aromatic heterocycles. The summed E-state index contributed by atoms with van der Waals surface area (Å²) in [6, 6.07) is 15.7. The van der Waals surface area contributed by atoms with E-state index in [0.717, 1.165) is 5.56 Å². The molecular formula is C29H32N2O8. The SMILES string of the molecule is COc1cc(C=C(NC(=O)c2cc(OC)c(OC)c(OC)c2)C(=O)NCc2ccccc2)cc(OC)c1OC. The third kappa shape index (κ3) is 6.92. The number of ether oxygens (including phenoxy) is 6. The number of methoxy groups -OCH3 is 6. The second-order valence-corrected chi connectivity index (χ2v) is 8.05. The molecule has 0 saturated heterocycles. The van der Waals surface area contributed by atoms with Gasteiger partial charge in [-0.25, -0.2) is 0 Å². The molecule has 3 rings (SSSR count). The van der Waals surface area contributed by atoms with Crippen molar-refractivity contribution in [2.24, 2.45) is 0 Å². The first kappa shape index (κ1) is 28.7. The Morgan fingerprint density at radius 3 is 1.64 bits per heavy atom. The van der Waals surface area contributed by atoms with Crippen molar-refractivity contribution in [2.45, 2.75) is 6.54 Å². The molecule has 0 bridgehead atoms.